The first-order valence-corrected chi connectivity index (χ1v) is 5.30. The van der Waals surface area contributed by atoms with Crippen molar-refractivity contribution < 1.29 is 12.9 Å². The molecule has 4 nitrogen and oxygen atoms in total. The molecule has 0 bridgehead atoms. The molecule has 5 heteroatoms. The van der Waals surface area contributed by atoms with Gasteiger partial charge in [0.1, 0.15) is 0 Å². The van der Waals surface area contributed by atoms with E-state index in [0.29, 0.717) is 11.3 Å². The number of aryl methyl sites for hydroxylation is 1. The minimum Gasteiger partial charge on any atom is -0.344 e. The summed E-state index contributed by atoms with van der Waals surface area (Å²) in [6, 6.07) is 0. The summed E-state index contributed by atoms with van der Waals surface area (Å²) in [5.74, 6) is 0.0441. The lowest BCUT2D eigenvalue weighted by molar-refractivity contribution is 0.335. The summed E-state index contributed by atoms with van der Waals surface area (Å²) >= 11 is 0. The lowest BCUT2D eigenvalue weighted by Crippen LogP contribution is -2.03. The highest BCUT2D eigenvalue weighted by Gasteiger charge is 2.21. The van der Waals surface area contributed by atoms with Gasteiger partial charge in [-0.05, 0) is 13.8 Å². The van der Waals surface area contributed by atoms with Crippen LogP contribution in [0.25, 0.3) is 0 Å². The number of aromatic nitrogens is 1. The molecule has 1 heterocycles. The van der Waals surface area contributed by atoms with Crippen molar-refractivity contribution in [3.05, 3.63) is 11.3 Å². The second kappa shape index (κ2) is 2.90. The molecule has 1 rings (SSSR count). The minimum atomic E-state index is -3.24. The van der Waals surface area contributed by atoms with Gasteiger partial charge in [0.15, 0.2) is 0 Å². The van der Waals surface area contributed by atoms with Crippen LogP contribution in [0.2, 0.25) is 0 Å². The Labute approximate surface area is 71.5 Å². The monoisotopic (exact) mass is 189 g/mol. The molecular formula is C7H11NO3S. The summed E-state index contributed by atoms with van der Waals surface area (Å²) in [7, 11) is -3.24. The molecule has 1 aromatic heterocycles. The van der Waals surface area contributed by atoms with Crippen LogP contribution >= 0.6 is 0 Å². The van der Waals surface area contributed by atoms with Crippen molar-refractivity contribution in [2.24, 2.45) is 0 Å². The molecular weight excluding hydrogens is 178 g/mol. The van der Waals surface area contributed by atoms with Crippen LogP contribution in [0.1, 0.15) is 18.2 Å². The van der Waals surface area contributed by atoms with Crippen LogP contribution in [-0.2, 0) is 9.84 Å². The van der Waals surface area contributed by atoms with Gasteiger partial charge in [-0.25, -0.2) is 8.42 Å². The van der Waals surface area contributed by atoms with Crippen LogP contribution in [0.4, 0.5) is 0 Å². The van der Waals surface area contributed by atoms with Crippen molar-refractivity contribution in [3.63, 3.8) is 0 Å². The van der Waals surface area contributed by atoms with E-state index >= 15 is 0 Å². The Morgan fingerprint density at radius 3 is 2.33 bits per heavy atom. The van der Waals surface area contributed by atoms with Gasteiger partial charge in [0.05, 0.1) is 11.4 Å². The van der Waals surface area contributed by atoms with Gasteiger partial charge in [-0.2, -0.15) is 0 Å². The maximum Gasteiger partial charge on any atom is 0.253 e. The standard InChI is InChI=1S/C7H11NO3S/c1-4-12(9,10)7-5(2)6(3)8-11-7/h4H2,1-3H3. The normalized spacial score (nSPS) is 11.9. The van der Waals surface area contributed by atoms with E-state index < -0.39 is 9.84 Å². The maximum atomic E-state index is 11.3. The van der Waals surface area contributed by atoms with E-state index in [4.69, 9.17) is 4.52 Å². The predicted octanol–water partition coefficient (Wildman–Crippen LogP) is 1.09. The molecule has 0 saturated heterocycles. The summed E-state index contributed by atoms with van der Waals surface area (Å²) in [5.41, 5.74) is 1.24. The van der Waals surface area contributed by atoms with E-state index in [9.17, 15) is 8.42 Å². The van der Waals surface area contributed by atoms with Gasteiger partial charge < -0.3 is 4.52 Å². The van der Waals surface area contributed by atoms with Crippen molar-refractivity contribution in [3.8, 4) is 0 Å². The first-order chi connectivity index (χ1) is 5.49. The Morgan fingerprint density at radius 2 is 2.00 bits per heavy atom. The fraction of sp³-hybridized carbons (Fsp3) is 0.571. The molecule has 0 radical (unpaired) electrons. The quantitative estimate of drug-likeness (QED) is 0.698. The molecule has 0 spiro atoms. The SMILES string of the molecule is CCS(=O)(=O)c1onc(C)c1C. The van der Waals surface area contributed by atoms with Gasteiger partial charge in [-0.15, -0.1) is 0 Å². The van der Waals surface area contributed by atoms with Gasteiger partial charge >= 0.3 is 0 Å². The number of hydrogen-bond acceptors (Lipinski definition) is 4. The zero-order valence-electron chi connectivity index (χ0n) is 7.29. The Morgan fingerprint density at radius 1 is 1.42 bits per heavy atom. The van der Waals surface area contributed by atoms with Crippen LogP contribution in [0.5, 0.6) is 0 Å². The average molecular weight is 189 g/mol. The van der Waals surface area contributed by atoms with Crippen molar-refractivity contribution in [1.29, 1.82) is 0 Å². The van der Waals surface area contributed by atoms with E-state index in [2.05, 4.69) is 5.16 Å². The number of sulfone groups is 1. The zero-order chi connectivity index (χ0) is 9.35. The van der Waals surface area contributed by atoms with Gasteiger partial charge in [0, 0.05) is 5.56 Å². The molecule has 0 saturated carbocycles. The topological polar surface area (TPSA) is 60.2 Å². The van der Waals surface area contributed by atoms with Crippen molar-refractivity contribution in [2.75, 3.05) is 5.75 Å². The average Bonchev–Trinajstić information content (AvgIpc) is 2.33. The van der Waals surface area contributed by atoms with Gasteiger partial charge in [0.25, 0.3) is 5.09 Å². The number of nitrogens with zero attached hydrogens (tertiary/aromatic N) is 1. The number of hydrogen-bond donors (Lipinski definition) is 0. The summed E-state index contributed by atoms with van der Waals surface area (Å²) in [5, 5.41) is 3.58. The Kier molecular flexibility index (Phi) is 2.23. The van der Waals surface area contributed by atoms with E-state index in [1.165, 1.54) is 0 Å². The molecule has 0 aliphatic heterocycles. The number of rotatable bonds is 2. The van der Waals surface area contributed by atoms with Crippen LogP contribution in [0, 0.1) is 13.8 Å². The fourth-order valence-corrected chi connectivity index (χ4v) is 1.84. The first-order valence-electron chi connectivity index (χ1n) is 3.64. The van der Waals surface area contributed by atoms with E-state index in [1.54, 1.807) is 20.8 Å². The summed E-state index contributed by atoms with van der Waals surface area (Å²) in [6.07, 6.45) is 0. The van der Waals surface area contributed by atoms with Crippen molar-refractivity contribution in [1.82, 2.24) is 5.16 Å². The minimum absolute atomic E-state index is 0.00231. The lowest BCUT2D eigenvalue weighted by atomic mass is 10.3. The molecule has 1 aromatic rings. The Hall–Kier alpha value is -0.840. The van der Waals surface area contributed by atoms with Crippen LogP contribution < -0.4 is 0 Å². The van der Waals surface area contributed by atoms with Gasteiger partial charge in [-0.1, -0.05) is 12.1 Å². The Balaban J connectivity index is 3.30. The summed E-state index contributed by atoms with van der Waals surface area (Å²) in [4.78, 5) is 0. The second-order valence-electron chi connectivity index (χ2n) is 2.58. The van der Waals surface area contributed by atoms with Crippen molar-refractivity contribution >= 4 is 9.84 Å². The highest BCUT2D eigenvalue weighted by atomic mass is 32.2. The van der Waals surface area contributed by atoms with Crippen molar-refractivity contribution in [2.45, 2.75) is 25.9 Å². The highest BCUT2D eigenvalue weighted by molar-refractivity contribution is 7.91. The lowest BCUT2D eigenvalue weighted by Gasteiger charge is -1.94. The van der Waals surface area contributed by atoms with Crippen LogP contribution in [0.3, 0.4) is 0 Å². The molecule has 0 atom stereocenters. The second-order valence-corrected chi connectivity index (χ2v) is 4.76. The highest BCUT2D eigenvalue weighted by Crippen LogP contribution is 2.18. The van der Waals surface area contributed by atoms with Crippen LogP contribution in [0.15, 0.2) is 9.62 Å². The molecule has 0 N–H and O–H groups in total. The smallest absolute Gasteiger partial charge is 0.253 e. The van der Waals surface area contributed by atoms with E-state index in [-0.39, 0.29) is 10.8 Å². The third-order valence-electron chi connectivity index (χ3n) is 1.78. The summed E-state index contributed by atoms with van der Waals surface area (Å²) in [6.45, 7) is 4.98. The zero-order valence-corrected chi connectivity index (χ0v) is 8.10. The van der Waals surface area contributed by atoms with Crippen LogP contribution in [-0.4, -0.2) is 19.3 Å². The third kappa shape index (κ3) is 1.36. The van der Waals surface area contributed by atoms with E-state index in [0.717, 1.165) is 0 Å². The fourth-order valence-electron chi connectivity index (χ4n) is 0.816. The van der Waals surface area contributed by atoms with Gasteiger partial charge in [-0.3, -0.25) is 0 Å². The van der Waals surface area contributed by atoms with E-state index in [1.807, 2.05) is 0 Å². The molecule has 0 fully saturated rings. The predicted molar refractivity (Wildman–Crippen MR) is 43.7 cm³/mol. The third-order valence-corrected chi connectivity index (χ3v) is 3.48. The Bertz CT molecular complexity index is 377. The summed E-state index contributed by atoms with van der Waals surface area (Å²) < 4.78 is 27.3. The molecule has 0 aliphatic carbocycles. The first kappa shape index (κ1) is 9.25. The molecule has 0 amide bonds. The molecule has 0 aliphatic rings. The molecule has 0 aromatic carbocycles. The van der Waals surface area contributed by atoms with Gasteiger partial charge in [0.2, 0.25) is 9.84 Å². The largest absolute Gasteiger partial charge is 0.344 e. The molecule has 68 valence electrons. The maximum absolute atomic E-state index is 11.3. The molecule has 0 unspecified atom stereocenters. The molecule has 12 heavy (non-hydrogen) atoms.